The van der Waals surface area contributed by atoms with Crippen LogP contribution in [0, 0.1) is 6.92 Å². The van der Waals surface area contributed by atoms with Crippen molar-refractivity contribution in [1.82, 2.24) is 19.1 Å². The van der Waals surface area contributed by atoms with Gasteiger partial charge >= 0.3 is 6.55 Å². The summed E-state index contributed by atoms with van der Waals surface area (Å²) in [5.41, 5.74) is 2.86. The van der Waals surface area contributed by atoms with Gasteiger partial charge in [-0.05, 0) is 42.8 Å². The molecule has 0 spiro atoms. The number of aryl methyl sites for hydroxylation is 1. The number of imidazole rings is 1. The Balaban J connectivity index is 1.65. The number of rotatable bonds is 5. The maximum Gasteiger partial charge on any atom is 0.320 e. The number of hydrogen-bond donors (Lipinski definition) is 0. The molecule has 0 radical (unpaired) electrons. The molecule has 32 heavy (non-hydrogen) atoms. The van der Waals surface area contributed by atoms with Gasteiger partial charge < -0.3 is 0 Å². The maximum atomic E-state index is 13.8. The minimum Gasteiger partial charge on any atom is -0.269 e. The van der Waals surface area contributed by atoms with Crippen molar-refractivity contribution in [3.05, 3.63) is 94.5 Å². The zero-order valence-electron chi connectivity index (χ0n) is 17.1. The molecule has 0 unspecified atom stereocenters. The van der Waals surface area contributed by atoms with E-state index in [4.69, 9.17) is 4.98 Å². The predicted molar refractivity (Wildman–Crippen MR) is 123 cm³/mol. The monoisotopic (exact) mass is 448 g/mol. The number of benzene rings is 3. The molecule has 160 valence electrons. The second-order valence-electron chi connectivity index (χ2n) is 7.29. The highest BCUT2D eigenvalue weighted by atomic mass is 32.2. The molecule has 0 fully saturated rings. The SMILES string of the molecule is Cc1ccccc1-n1c(SCc2nc3ccccc3n2C(F)F)nc2ccccc2c1=O. The molecule has 3 aromatic carbocycles. The number of alkyl halides is 2. The van der Waals surface area contributed by atoms with Gasteiger partial charge in [-0.2, -0.15) is 8.78 Å². The third-order valence-electron chi connectivity index (χ3n) is 5.30. The summed E-state index contributed by atoms with van der Waals surface area (Å²) in [6.45, 7) is -0.803. The van der Waals surface area contributed by atoms with Crippen molar-refractivity contribution in [2.45, 2.75) is 24.4 Å². The standard InChI is InChI=1S/C24H18F2N4OS/c1-15-8-2-6-12-19(15)30-22(31)16-9-3-4-10-17(16)28-24(30)32-14-21-27-18-11-5-7-13-20(18)29(21)23(25)26/h2-13,23H,14H2,1H3. The summed E-state index contributed by atoms with van der Waals surface area (Å²) in [5, 5.41) is 0.927. The van der Waals surface area contributed by atoms with Crippen LogP contribution in [0.5, 0.6) is 0 Å². The molecule has 0 amide bonds. The smallest absolute Gasteiger partial charge is 0.269 e. The Bertz CT molecular complexity index is 1510. The van der Waals surface area contributed by atoms with Gasteiger partial charge in [0.25, 0.3) is 5.56 Å². The second-order valence-corrected chi connectivity index (χ2v) is 8.23. The number of aromatic nitrogens is 4. The molecule has 5 rings (SSSR count). The zero-order valence-corrected chi connectivity index (χ0v) is 17.9. The molecule has 0 aliphatic heterocycles. The van der Waals surface area contributed by atoms with E-state index >= 15 is 0 Å². The number of fused-ring (bicyclic) bond motifs is 2. The van der Waals surface area contributed by atoms with Gasteiger partial charge in [-0.15, -0.1) is 0 Å². The summed E-state index contributed by atoms with van der Waals surface area (Å²) in [6.07, 6.45) is 0. The number of nitrogens with zero attached hydrogens (tertiary/aromatic N) is 4. The van der Waals surface area contributed by atoms with Crippen molar-refractivity contribution in [2.24, 2.45) is 0 Å². The van der Waals surface area contributed by atoms with E-state index in [2.05, 4.69) is 4.98 Å². The summed E-state index contributed by atoms with van der Waals surface area (Å²) in [7, 11) is 0. The summed E-state index contributed by atoms with van der Waals surface area (Å²) < 4.78 is 30.1. The minimum atomic E-state index is -2.72. The lowest BCUT2D eigenvalue weighted by Gasteiger charge is -2.15. The van der Waals surface area contributed by atoms with E-state index in [0.29, 0.717) is 32.8 Å². The van der Waals surface area contributed by atoms with Crippen LogP contribution in [0.25, 0.3) is 27.6 Å². The normalized spacial score (nSPS) is 11.6. The van der Waals surface area contributed by atoms with Crippen LogP contribution >= 0.6 is 11.8 Å². The lowest BCUT2D eigenvalue weighted by atomic mass is 10.2. The third-order valence-corrected chi connectivity index (χ3v) is 6.23. The van der Waals surface area contributed by atoms with E-state index in [1.807, 2.05) is 37.3 Å². The highest BCUT2D eigenvalue weighted by molar-refractivity contribution is 7.98. The third kappa shape index (κ3) is 3.46. The Hall–Kier alpha value is -3.52. The summed E-state index contributed by atoms with van der Waals surface area (Å²) >= 11 is 1.21. The summed E-state index contributed by atoms with van der Waals surface area (Å²) in [4.78, 5) is 22.5. The first-order chi connectivity index (χ1) is 15.5. The van der Waals surface area contributed by atoms with Crippen LogP contribution in [0.3, 0.4) is 0 Å². The minimum absolute atomic E-state index is 0.135. The zero-order chi connectivity index (χ0) is 22.2. The van der Waals surface area contributed by atoms with Crippen LogP contribution in [0.4, 0.5) is 8.78 Å². The van der Waals surface area contributed by atoms with Crippen LogP contribution < -0.4 is 5.56 Å². The van der Waals surface area contributed by atoms with E-state index < -0.39 is 6.55 Å². The Morgan fingerprint density at radius 1 is 0.906 bits per heavy atom. The van der Waals surface area contributed by atoms with Crippen LogP contribution in [0.2, 0.25) is 0 Å². The summed E-state index contributed by atoms with van der Waals surface area (Å²) in [6, 6.07) is 21.5. The first-order valence-corrected chi connectivity index (χ1v) is 11.0. The van der Waals surface area contributed by atoms with Crippen molar-refractivity contribution in [2.75, 3.05) is 0 Å². The molecule has 5 nitrogen and oxygen atoms in total. The molecule has 0 atom stereocenters. The lowest BCUT2D eigenvalue weighted by molar-refractivity contribution is 0.0722. The van der Waals surface area contributed by atoms with Gasteiger partial charge in [0.2, 0.25) is 0 Å². The molecule has 5 aromatic rings. The maximum absolute atomic E-state index is 13.8. The fraction of sp³-hybridized carbons (Fsp3) is 0.125. The van der Waals surface area contributed by atoms with Crippen LogP contribution in [-0.4, -0.2) is 19.1 Å². The van der Waals surface area contributed by atoms with Crippen molar-refractivity contribution in [1.29, 1.82) is 0 Å². The molecule has 2 heterocycles. The second kappa shape index (κ2) is 8.20. The predicted octanol–water partition coefficient (Wildman–Crippen LogP) is 5.73. The topological polar surface area (TPSA) is 52.7 Å². The molecule has 0 aliphatic carbocycles. The average Bonchev–Trinajstić information content (AvgIpc) is 3.17. The van der Waals surface area contributed by atoms with Gasteiger partial charge in [0.1, 0.15) is 5.82 Å². The van der Waals surface area contributed by atoms with Crippen LogP contribution in [0.15, 0.2) is 82.7 Å². The Morgan fingerprint density at radius 2 is 1.59 bits per heavy atom. The van der Waals surface area contributed by atoms with Gasteiger partial charge in [0, 0.05) is 0 Å². The van der Waals surface area contributed by atoms with Crippen molar-refractivity contribution < 1.29 is 8.78 Å². The number of thioether (sulfide) groups is 1. The van der Waals surface area contributed by atoms with Crippen molar-refractivity contribution in [3.63, 3.8) is 0 Å². The largest absolute Gasteiger partial charge is 0.320 e. The molecule has 0 saturated carbocycles. The van der Waals surface area contributed by atoms with E-state index in [1.165, 1.54) is 11.8 Å². The number of hydrogen-bond acceptors (Lipinski definition) is 4. The Kier molecular flexibility index (Phi) is 5.22. The number of para-hydroxylation sites is 4. The molecule has 0 saturated heterocycles. The molecule has 8 heteroatoms. The highest BCUT2D eigenvalue weighted by Crippen LogP contribution is 2.29. The van der Waals surface area contributed by atoms with Gasteiger partial charge in [0.15, 0.2) is 5.16 Å². The van der Waals surface area contributed by atoms with Crippen LogP contribution in [-0.2, 0) is 5.75 Å². The molecule has 0 aliphatic rings. The summed E-state index contributed by atoms with van der Waals surface area (Å²) in [5.74, 6) is 0.361. The van der Waals surface area contributed by atoms with Gasteiger partial charge in [-0.25, -0.2) is 9.97 Å². The molecule has 0 bridgehead atoms. The van der Waals surface area contributed by atoms with Crippen molar-refractivity contribution in [3.8, 4) is 5.69 Å². The fourth-order valence-electron chi connectivity index (χ4n) is 3.78. The van der Waals surface area contributed by atoms with E-state index in [1.54, 1.807) is 47.0 Å². The Labute approximate surface area is 186 Å². The highest BCUT2D eigenvalue weighted by Gasteiger charge is 2.20. The first-order valence-electron chi connectivity index (χ1n) is 9.99. The number of halogens is 2. The average molecular weight is 448 g/mol. The molecular weight excluding hydrogens is 430 g/mol. The quantitative estimate of drug-likeness (QED) is 0.254. The van der Waals surface area contributed by atoms with Crippen LogP contribution in [0.1, 0.15) is 17.9 Å². The molecule has 0 N–H and O–H groups in total. The van der Waals surface area contributed by atoms with Gasteiger partial charge in [-0.1, -0.05) is 54.2 Å². The van der Waals surface area contributed by atoms with Gasteiger partial charge in [-0.3, -0.25) is 13.9 Å². The molecular formula is C24H18F2N4OS. The van der Waals surface area contributed by atoms with Gasteiger partial charge in [0.05, 0.1) is 33.4 Å². The Morgan fingerprint density at radius 3 is 2.38 bits per heavy atom. The lowest BCUT2D eigenvalue weighted by Crippen LogP contribution is -2.22. The van der Waals surface area contributed by atoms with Crippen molar-refractivity contribution >= 4 is 33.7 Å². The van der Waals surface area contributed by atoms with E-state index in [-0.39, 0.29) is 17.1 Å². The van der Waals surface area contributed by atoms with E-state index in [0.717, 1.165) is 10.1 Å². The first kappa shape index (κ1) is 20.4. The fourth-order valence-corrected chi connectivity index (χ4v) is 4.71. The molecule has 2 aromatic heterocycles. The van der Waals surface area contributed by atoms with E-state index in [9.17, 15) is 13.6 Å².